The zero-order valence-corrected chi connectivity index (χ0v) is 12.0. The predicted octanol–water partition coefficient (Wildman–Crippen LogP) is 2.62. The standard InChI is InChI=1S/C15H22N2O2/c1-10-14(9-16-11(2)17-10)8-12-4-6-13(7-5-12)15(18)19-3/h9,12-13H,4-8H2,1-3H3. The molecule has 1 aromatic heterocycles. The number of methoxy groups -OCH3 is 1. The number of rotatable bonds is 3. The third kappa shape index (κ3) is 3.52. The molecule has 1 aromatic rings. The minimum absolute atomic E-state index is 0.0479. The van der Waals surface area contributed by atoms with E-state index in [0.29, 0.717) is 5.92 Å². The summed E-state index contributed by atoms with van der Waals surface area (Å²) in [5, 5.41) is 0. The van der Waals surface area contributed by atoms with E-state index in [9.17, 15) is 4.79 Å². The molecule has 0 spiro atoms. The number of hydrogen-bond donors (Lipinski definition) is 0. The molecule has 2 rings (SSSR count). The monoisotopic (exact) mass is 262 g/mol. The van der Waals surface area contributed by atoms with Crippen molar-refractivity contribution in [2.75, 3.05) is 7.11 Å². The maximum atomic E-state index is 11.5. The van der Waals surface area contributed by atoms with Crippen LogP contribution in [0.4, 0.5) is 0 Å². The second-order valence-corrected chi connectivity index (χ2v) is 5.47. The van der Waals surface area contributed by atoms with Crippen molar-refractivity contribution in [2.24, 2.45) is 11.8 Å². The van der Waals surface area contributed by atoms with Gasteiger partial charge in [-0.2, -0.15) is 0 Å². The number of ether oxygens (including phenoxy) is 1. The molecule has 0 unspecified atom stereocenters. The highest BCUT2D eigenvalue weighted by Gasteiger charge is 2.27. The minimum atomic E-state index is -0.0479. The Balaban J connectivity index is 1.90. The van der Waals surface area contributed by atoms with Crippen LogP contribution in [0.1, 0.15) is 42.8 Å². The minimum Gasteiger partial charge on any atom is -0.469 e. The largest absolute Gasteiger partial charge is 0.469 e. The average molecular weight is 262 g/mol. The fourth-order valence-electron chi connectivity index (χ4n) is 2.89. The van der Waals surface area contributed by atoms with E-state index in [1.54, 1.807) is 0 Å². The van der Waals surface area contributed by atoms with Crippen LogP contribution in [0.15, 0.2) is 6.20 Å². The van der Waals surface area contributed by atoms with Crippen LogP contribution < -0.4 is 0 Å². The molecule has 0 N–H and O–H groups in total. The van der Waals surface area contributed by atoms with Gasteiger partial charge in [-0.3, -0.25) is 4.79 Å². The predicted molar refractivity (Wildman–Crippen MR) is 72.7 cm³/mol. The Bertz CT molecular complexity index is 451. The molecule has 1 fully saturated rings. The highest BCUT2D eigenvalue weighted by Crippen LogP contribution is 2.31. The van der Waals surface area contributed by atoms with Crippen molar-refractivity contribution in [1.82, 2.24) is 9.97 Å². The summed E-state index contributed by atoms with van der Waals surface area (Å²) in [4.78, 5) is 20.2. The lowest BCUT2D eigenvalue weighted by atomic mass is 9.79. The molecule has 1 saturated carbocycles. The van der Waals surface area contributed by atoms with Gasteiger partial charge < -0.3 is 4.74 Å². The van der Waals surface area contributed by atoms with Crippen LogP contribution in [0.3, 0.4) is 0 Å². The van der Waals surface area contributed by atoms with E-state index in [1.165, 1.54) is 12.7 Å². The molecule has 1 aliphatic rings. The van der Waals surface area contributed by atoms with Crippen molar-refractivity contribution in [1.29, 1.82) is 0 Å². The molecule has 0 bridgehead atoms. The molecule has 0 radical (unpaired) electrons. The molecule has 0 aliphatic heterocycles. The maximum absolute atomic E-state index is 11.5. The number of aryl methyl sites for hydroxylation is 2. The summed E-state index contributed by atoms with van der Waals surface area (Å²) in [5.41, 5.74) is 2.33. The number of aromatic nitrogens is 2. The second-order valence-electron chi connectivity index (χ2n) is 5.47. The molecule has 4 heteroatoms. The molecule has 0 aromatic carbocycles. The Morgan fingerprint density at radius 2 is 2.00 bits per heavy atom. The Hall–Kier alpha value is -1.45. The molecule has 1 heterocycles. The summed E-state index contributed by atoms with van der Waals surface area (Å²) in [7, 11) is 1.47. The van der Waals surface area contributed by atoms with Gasteiger partial charge in [-0.05, 0) is 57.4 Å². The van der Waals surface area contributed by atoms with E-state index < -0.39 is 0 Å². The fraction of sp³-hybridized carbons (Fsp3) is 0.667. The van der Waals surface area contributed by atoms with Crippen molar-refractivity contribution in [2.45, 2.75) is 46.0 Å². The van der Waals surface area contributed by atoms with Gasteiger partial charge in [-0.1, -0.05) is 0 Å². The summed E-state index contributed by atoms with van der Waals surface area (Å²) < 4.78 is 4.82. The average Bonchev–Trinajstić information content (AvgIpc) is 2.42. The zero-order chi connectivity index (χ0) is 13.8. The number of hydrogen-bond acceptors (Lipinski definition) is 4. The summed E-state index contributed by atoms with van der Waals surface area (Å²) >= 11 is 0. The Labute approximate surface area is 114 Å². The molecule has 0 saturated heterocycles. The van der Waals surface area contributed by atoms with Crippen molar-refractivity contribution in [3.8, 4) is 0 Å². The number of carbonyl (C=O) groups is 1. The first-order valence-corrected chi connectivity index (χ1v) is 6.97. The van der Waals surface area contributed by atoms with Crippen LogP contribution in [0, 0.1) is 25.7 Å². The van der Waals surface area contributed by atoms with Crippen LogP contribution >= 0.6 is 0 Å². The van der Waals surface area contributed by atoms with E-state index in [0.717, 1.165) is 43.6 Å². The van der Waals surface area contributed by atoms with Crippen LogP contribution in [-0.2, 0) is 16.0 Å². The number of carbonyl (C=O) groups excluding carboxylic acids is 1. The normalized spacial score (nSPS) is 23.1. The smallest absolute Gasteiger partial charge is 0.308 e. The summed E-state index contributed by atoms with van der Waals surface area (Å²) in [6.07, 6.45) is 7.05. The SMILES string of the molecule is COC(=O)C1CCC(Cc2cnc(C)nc2C)CC1. The number of esters is 1. The zero-order valence-electron chi connectivity index (χ0n) is 12.0. The first-order valence-electron chi connectivity index (χ1n) is 6.97. The quantitative estimate of drug-likeness (QED) is 0.786. The van der Waals surface area contributed by atoms with Gasteiger partial charge >= 0.3 is 5.97 Å². The van der Waals surface area contributed by atoms with Gasteiger partial charge in [0.15, 0.2) is 0 Å². The molecular weight excluding hydrogens is 240 g/mol. The highest BCUT2D eigenvalue weighted by molar-refractivity contribution is 5.72. The van der Waals surface area contributed by atoms with Crippen LogP contribution in [0.2, 0.25) is 0 Å². The first-order chi connectivity index (χ1) is 9.10. The third-order valence-corrected chi connectivity index (χ3v) is 4.09. The van der Waals surface area contributed by atoms with Gasteiger partial charge in [0, 0.05) is 11.9 Å². The van der Waals surface area contributed by atoms with Gasteiger partial charge in [-0.25, -0.2) is 9.97 Å². The van der Waals surface area contributed by atoms with E-state index in [1.807, 2.05) is 20.0 Å². The lowest BCUT2D eigenvalue weighted by molar-refractivity contribution is -0.146. The Kier molecular flexibility index (Phi) is 4.51. The second kappa shape index (κ2) is 6.13. The third-order valence-electron chi connectivity index (χ3n) is 4.09. The maximum Gasteiger partial charge on any atom is 0.308 e. The van der Waals surface area contributed by atoms with Crippen molar-refractivity contribution in [3.63, 3.8) is 0 Å². The van der Waals surface area contributed by atoms with Gasteiger partial charge in [0.1, 0.15) is 5.82 Å². The van der Waals surface area contributed by atoms with Crippen LogP contribution in [-0.4, -0.2) is 23.0 Å². The van der Waals surface area contributed by atoms with E-state index >= 15 is 0 Å². The Morgan fingerprint density at radius 3 is 2.58 bits per heavy atom. The molecule has 19 heavy (non-hydrogen) atoms. The van der Waals surface area contributed by atoms with E-state index in [-0.39, 0.29) is 11.9 Å². The summed E-state index contributed by atoms with van der Waals surface area (Å²) in [5.74, 6) is 1.53. The van der Waals surface area contributed by atoms with Crippen molar-refractivity contribution < 1.29 is 9.53 Å². The molecule has 0 amide bonds. The van der Waals surface area contributed by atoms with Crippen LogP contribution in [0.5, 0.6) is 0 Å². The molecule has 0 atom stereocenters. The Morgan fingerprint density at radius 1 is 1.32 bits per heavy atom. The lowest BCUT2D eigenvalue weighted by Crippen LogP contribution is -2.24. The molecular formula is C15H22N2O2. The van der Waals surface area contributed by atoms with Crippen molar-refractivity contribution in [3.05, 3.63) is 23.3 Å². The summed E-state index contributed by atoms with van der Waals surface area (Å²) in [6, 6.07) is 0. The fourth-order valence-corrected chi connectivity index (χ4v) is 2.89. The molecule has 104 valence electrons. The van der Waals surface area contributed by atoms with Crippen LogP contribution in [0.25, 0.3) is 0 Å². The highest BCUT2D eigenvalue weighted by atomic mass is 16.5. The molecule has 4 nitrogen and oxygen atoms in total. The summed E-state index contributed by atoms with van der Waals surface area (Å²) in [6.45, 7) is 3.96. The molecule has 1 aliphatic carbocycles. The van der Waals surface area contributed by atoms with Gasteiger partial charge in [0.2, 0.25) is 0 Å². The van der Waals surface area contributed by atoms with E-state index in [4.69, 9.17) is 4.74 Å². The topological polar surface area (TPSA) is 52.1 Å². The lowest BCUT2D eigenvalue weighted by Gasteiger charge is -2.27. The number of nitrogens with zero attached hydrogens (tertiary/aromatic N) is 2. The van der Waals surface area contributed by atoms with E-state index in [2.05, 4.69) is 9.97 Å². The first kappa shape index (κ1) is 14.0. The van der Waals surface area contributed by atoms with Crippen molar-refractivity contribution >= 4 is 5.97 Å². The van der Waals surface area contributed by atoms with Gasteiger partial charge in [0.25, 0.3) is 0 Å². The van der Waals surface area contributed by atoms with Gasteiger partial charge in [0.05, 0.1) is 13.0 Å². The van der Waals surface area contributed by atoms with Gasteiger partial charge in [-0.15, -0.1) is 0 Å².